The van der Waals surface area contributed by atoms with Crippen molar-refractivity contribution in [2.24, 2.45) is 0 Å². The lowest BCUT2D eigenvalue weighted by molar-refractivity contribution is -0.128. The van der Waals surface area contributed by atoms with Gasteiger partial charge in [0.25, 0.3) is 0 Å². The molecule has 4 heteroatoms. The molecule has 0 aromatic heterocycles. The molecule has 1 aliphatic carbocycles. The number of halogens is 1. The molecule has 0 bridgehead atoms. The highest BCUT2D eigenvalue weighted by atomic mass is 127. The third kappa shape index (κ3) is 4.37. The summed E-state index contributed by atoms with van der Waals surface area (Å²) in [6.07, 6.45) is 8.23. The first kappa shape index (κ1) is 14.6. The quantitative estimate of drug-likeness (QED) is 0.352. The summed E-state index contributed by atoms with van der Waals surface area (Å²) >= 11 is 2.55. The first-order chi connectivity index (χ1) is 9.19. The van der Waals surface area contributed by atoms with Crippen molar-refractivity contribution in [3.05, 3.63) is 41.5 Å². The fourth-order valence-electron chi connectivity index (χ4n) is 2.47. The van der Waals surface area contributed by atoms with E-state index in [1.807, 2.05) is 12.1 Å². The van der Waals surface area contributed by atoms with Gasteiger partial charge in [-0.15, -0.1) is 0 Å². The first-order valence-electron chi connectivity index (χ1n) is 6.52. The highest BCUT2D eigenvalue weighted by molar-refractivity contribution is 14.1. The Morgan fingerprint density at radius 2 is 1.84 bits per heavy atom. The van der Waals surface area contributed by atoms with Crippen LogP contribution < -0.4 is 0 Å². The van der Waals surface area contributed by atoms with Crippen molar-refractivity contribution in [3.8, 4) is 0 Å². The molecule has 98 valence electrons. The molecule has 1 aromatic carbocycles. The molecule has 2 radical (unpaired) electrons. The highest BCUT2D eigenvalue weighted by Gasteiger charge is 2.20. The van der Waals surface area contributed by atoms with E-state index in [2.05, 4.69) is 39.4 Å². The molecular weight excluding hydrogens is 350 g/mol. The highest BCUT2D eigenvalue weighted by Crippen LogP contribution is 2.35. The molecule has 1 saturated carbocycles. The number of rotatable bonds is 3. The Hall–Kier alpha value is -0.775. The predicted molar refractivity (Wildman–Crippen MR) is 86.3 cm³/mol. The molecule has 0 atom stereocenters. The Morgan fingerprint density at radius 1 is 1.21 bits per heavy atom. The molecule has 1 aliphatic rings. The van der Waals surface area contributed by atoms with Crippen molar-refractivity contribution in [1.82, 2.24) is 0 Å². The molecule has 0 amide bonds. The van der Waals surface area contributed by atoms with Crippen LogP contribution in [-0.2, 0) is 9.45 Å². The second-order valence-corrected chi connectivity index (χ2v) is 6.65. The number of hydrogen-bond acceptors (Lipinski definition) is 2. The summed E-state index contributed by atoms with van der Waals surface area (Å²) in [4.78, 5) is 10.9. The monoisotopic (exact) mass is 366 g/mol. The number of benzene rings is 1. The molecule has 0 saturated heterocycles. The lowest BCUT2D eigenvalue weighted by atomic mass is 9.84. The van der Waals surface area contributed by atoms with Crippen molar-refractivity contribution in [1.29, 1.82) is 0 Å². The average Bonchev–Trinajstić information content (AvgIpc) is 2.46. The van der Waals surface area contributed by atoms with Crippen molar-refractivity contribution in [3.63, 3.8) is 0 Å². The van der Waals surface area contributed by atoms with E-state index in [0.717, 1.165) is 9.49 Å². The SMILES string of the molecule is [B]OC(=O)/C=C/c1ccc(C2CCC(I)CC2)cc1. The Balaban J connectivity index is 1.98. The molecule has 1 fully saturated rings. The van der Waals surface area contributed by atoms with Crippen LogP contribution in [0.1, 0.15) is 42.7 Å². The second-order valence-electron chi connectivity index (χ2n) is 4.89. The topological polar surface area (TPSA) is 26.3 Å². The number of alkyl halides is 1. The van der Waals surface area contributed by atoms with Gasteiger partial charge in [0.05, 0.1) is 0 Å². The standard InChI is InChI=1S/C15H16BIO2/c16-19-15(18)10-3-11-1-4-12(5-2-11)13-6-8-14(17)9-7-13/h1-5,10,13-14H,6-9H2/b10-3+. The summed E-state index contributed by atoms with van der Waals surface area (Å²) in [7, 11) is 4.77. The Bertz CT molecular complexity index is 448. The zero-order chi connectivity index (χ0) is 13.7. The van der Waals surface area contributed by atoms with Gasteiger partial charge in [-0.25, -0.2) is 4.79 Å². The lowest BCUT2D eigenvalue weighted by Gasteiger charge is -2.25. The Morgan fingerprint density at radius 3 is 2.42 bits per heavy atom. The Kier molecular flexibility index (Phi) is 5.49. The van der Waals surface area contributed by atoms with E-state index in [9.17, 15) is 4.79 Å². The number of hydrogen-bond donors (Lipinski definition) is 0. The summed E-state index contributed by atoms with van der Waals surface area (Å²) in [5, 5.41) is 0. The maximum absolute atomic E-state index is 10.9. The van der Waals surface area contributed by atoms with Crippen molar-refractivity contribution in [2.75, 3.05) is 0 Å². The van der Waals surface area contributed by atoms with Crippen LogP contribution in [0.5, 0.6) is 0 Å². The molecule has 19 heavy (non-hydrogen) atoms. The number of carbonyl (C=O) groups excluding carboxylic acids is 1. The molecule has 0 heterocycles. The van der Waals surface area contributed by atoms with E-state index in [-0.39, 0.29) is 0 Å². The summed E-state index contributed by atoms with van der Waals surface area (Å²) in [5.74, 6) is 0.155. The molecule has 0 N–H and O–H groups in total. The predicted octanol–water partition coefficient (Wildman–Crippen LogP) is 3.79. The summed E-state index contributed by atoms with van der Waals surface area (Å²) in [5.41, 5.74) is 2.39. The van der Waals surface area contributed by atoms with Crippen LogP contribution in [0.2, 0.25) is 0 Å². The van der Waals surface area contributed by atoms with Gasteiger partial charge in [-0.05, 0) is 48.8 Å². The van der Waals surface area contributed by atoms with Gasteiger partial charge in [0.1, 0.15) is 0 Å². The summed E-state index contributed by atoms with van der Waals surface area (Å²) < 4.78 is 4.92. The van der Waals surface area contributed by atoms with Crippen LogP contribution in [-0.4, -0.2) is 17.9 Å². The van der Waals surface area contributed by atoms with E-state index in [0.29, 0.717) is 5.92 Å². The van der Waals surface area contributed by atoms with Crippen molar-refractivity contribution >= 4 is 42.7 Å². The third-order valence-electron chi connectivity index (χ3n) is 3.59. The minimum Gasteiger partial charge on any atom is -0.540 e. The fraction of sp³-hybridized carbons (Fsp3) is 0.400. The van der Waals surface area contributed by atoms with E-state index < -0.39 is 5.97 Å². The van der Waals surface area contributed by atoms with E-state index in [4.69, 9.17) is 8.05 Å². The van der Waals surface area contributed by atoms with Crippen molar-refractivity contribution < 1.29 is 9.45 Å². The van der Waals surface area contributed by atoms with Crippen LogP contribution in [0.4, 0.5) is 0 Å². The van der Waals surface area contributed by atoms with Crippen LogP contribution in [0.3, 0.4) is 0 Å². The van der Waals surface area contributed by atoms with Gasteiger partial charge in [-0.3, -0.25) is 0 Å². The Labute approximate surface area is 129 Å². The van der Waals surface area contributed by atoms with Crippen molar-refractivity contribution in [2.45, 2.75) is 35.5 Å². The molecule has 2 rings (SSSR count). The lowest BCUT2D eigenvalue weighted by Crippen LogP contribution is -2.12. The van der Waals surface area contributed by atoms with Crippen LogP contribution in [0.15, 0.2) is 30.3 Å². The van der Waals surface area contributed by atoms with E-state index in [1.54, 1.807) is 6.08 Å². The van der Waals surface area contributed by atoms with E-state index in [1.165, 1.54) is 37.3 Å². The van der Waals surface area contributed by atoms with Gasteiger partial charge in [0, 0.05) is 10.0 Å². The normalized spacial score (nSPS) is 23.4. The van der Waals surface area contributed by atoms with Gasteiger partial charge in [-0.1, -0.05) is 46.9 Å². The molecule has 0 spiro atoms. The molecular formula is C15H16BIO2. The first-order valence-corrected chi connectivity index (χ1v) is 7.76. The largest absolute Gasteiger partial charge is 0.540 e. The zero-order valence-electron chi connectivity index (χ0n) is 10.7. The maximum atomic E-state index is 10.9. The van der Waals surface area contributed by atoms with Gasteiger partial charge >= 0.3 is 14.0 Å². The van der Waals surface area contributed by atoms with Gasteiger partial charge in [-0.2, -0.15) is 0 Å². The van der Waals surface area contributed by atoms with Gasteiger partial charge < -0.3 is 4.65 Å². The second kappa shape index (κ2) is 7.13. The van der Waals surface area contributed by atoms with Gasteiger partial charge in [0.2, 0.25) is 0 Å². The average molecular weight is 366 g/mol. The van der Waals surface area contributed by atoms with E-state index >= 15 is 0 Å². The van der Waals surface area contributed by atoms with Crippen LogP contribution in [0, 0.1) is 0 Å². The minimum absolute atomic E-state index is 0.538. The fourth-order valence-corrected chi connectivity index (χ4v) is 3.19. The molecule has 0 aliphatic heterocycles. The smallest absolute Gasteiger partial charge is 0.378 e. The summed E-state index contributed by atoms with van der Waals surface area (Å²) in [6.45, 7) is 0. The third-order valence-corrected chi connectivity index (χ3v) is 4.84. The maximum Gasteiger partial charge on any atom is 0.378 e. The minimum atomic E-state index is -0.538. The zero-order valence-corrected chi connectivity index (χ0v) is 12.9. The van der Waals surface area contributed by atoms with Crippen LogP contribution in [0.25, 0.3) is 6.08 Å². The summed E-state index contributed by atoms with van der Waals surface area (Å²) in [6, 6.07) is 8.38. The van der Waals surface area contributed by atoms with Gasteiger partial charge in [0.15, 0.2) is 0 Å². The molecule has 0 unspecified atom stereocenters. The molecule has 2 nitrogen and oxygen atoms in total. The molecule has 1 aromatic rings. The van der Waals surface area contributed by atoms with Crippen LogP contribution >= 0.6 is 22.6 Å². The number of carbonyl (C=O) groups is 1.